The number of hydrogen-bond acceptors (Lipinski definition) is 5. The number of para-hydroxylation sites is 1. The minimum absolute atomic E-state index is 0.00262. The summed E-state index contributed by atoms with van der Waals surface area (Å²) in [4.78, 5) is 27.0. The first-order chi connectivity index (χ1) is 13.5. The molecule has 1 fully saturated rings. The van der Waals surface area contributed by atoms with Crippen molar-refractivity contribution in [2.24, 2.45) is 5.41 Å². The van der Waals surface area contributed by atoms with E-state index in [0.29, 0.717) is 30.0 Å². The summed E-state index contributed by atoms with van der Waals surface area (Å²) in [5, 5.41) is 16.9. The summed E-state index contributed by atoms with van der Waals surface area (Å²) in [5.41, 5.74) is 0.881. The third kappa shape index (κ3) is 2.63. The van der Waals surface area contributed by atoms with Crippen LogP contribution >= 0.6 is 0 Å². The number of likely N-dealkylation sites (tertiary alicyclic amines) is 1. The van der Waals surface area contributed by atoms with Crippen LogP contribution in [0, 0.1) is 5.41 Å². The molecule has 2 N–H and O–H groups in total. The lowest BCUT2D eigenvalue weighted by atomic mass is 9.73. The Morgan fingerprint density at radius 1 is 1.46 bits per heavy atom. The fourth-order valence-electron chi connectivity index (χ4n) is 4.32. The van der Waals surface area contributed by atoms with Gasteiger partial charge in [0.2, 0.25) is 0 Å². The molecule has 0 saturated carbocycles. The molecular formula is C20H23N3O5. The van der Waals surface area contributed by atoms with E-state index >= 15 is 0 Å². The Balaban J connectivity index is 1.71. The van der Waals surface area contributed by atoms with Crippen LogP contribution < -0.4 is 9.47 Å². The molecule has 2 atom stereocenters. The van der Waals surface area contributed by atoms with Crippen LogP contribution in [0.4, 0.5) is 0 Å². The van der Waals surface area contributed by atoms with Gasteiger partial charge in [-0.2, -0.15) is 5.10 Å². The Kier molecular flexibility index (Phi) is 4.49. The minimum atomic E-state index is -1.18. The predicted molar refractivity (Wildman–Crippen MR) is 99.8 cm³/mol. The molecule has 2 aromatic rings. The second-order valence-electron chi connectivity index (χ2n) is 7.38. The van der Waals surface area contributed by atoms with Crippen LogP contribution in [0.5, 0.6) is 11.5 Å². The maximum atomic E-state index is 13.2. The van der Waals surface area contributed by atoms with Crippen LogP contribution in [0.3, 0.4) is 0 Å². The van der Waals surface area contributed by atoms with Crippen molar-refractivity contribution >= 4 is 11.9 Å². The number of aryl methyl sites for hydroxylation is 1. The molecule has 4 rings (SSSR count). The summed E-state index contributed by atoms with van der Waals surface area (Å²) in [6.07, 6.45) is 3.12. The molecule has 1 amide bonds. The van der Waals surface area contributed by atoms with Crippen LogP contribution in [0.25, 0.3) is 0 Å². The average molecular weight is 385 g/mol. The van der Waals surface area contributed by atoms with E-state index in [1.54, 1.807) is 18.1 Å². The number of carboxylic acid groups (broad SMARTS) is 1. The molecule has 8 heteroatoms. The molecule has 1 aromatic carbocycles. The fraction of sp³-hybridized carbons (Fsp3) is 0.450. The summed E-state index contributed by atoms with van der Waals surface area (Å²) < 4.78 is 11.2. The molecule has 0 radical (unpaired) electrons. The highest BCUT2D eigenvalue weighted by Crippen LogP contribution is 2.52. The molecule has 28 heavy (non-hydrogen) atoms. The molecule has 0 aliphatic carbocycles. The van der Waals surface area contributed by atoms with Gasteiger partial charge in [-0.15, -0.1) is 0 Å². The number of H-pyrrole nitrogens is 1. The van der Waals surface area contributed by atoms with Crippen LogP contribution in [0.15, 0.2) is 24.4 Å². The number of ether oxygens (including phenoxy) is 2. The van der Waals surface area contributed by atoms with Gasteiger partial charge < -0.3 is 19.5 Å². The standard InChI is InChI=1S/C20H23N3O5/c1-3-5-15-13(8-21-22-15)18(24)23-9-14-12-6-4-7-16(27-2)17(12)28-11-20(14,10-23)19(25)26/h4,6-8,14H,3,5,9-11H2,1-2H3,(H,21,22)(H,25,26)/t14-,20-/m0/s1. The average Bonchev–Trinajstić information content (AvgIpc) is 3.32. The second kappa shape index (κ2) is 6.85. The molecule has 2 aliphatic rings. The Hall–Kier alpha value is -3.03. The number of nitrogens with zero attached hydrogens (tertiary/aromatic N) is 2. The van der Waals surface area contributed by atoms with Crippen molar-refractivity contribution in [1.82, 2.24) is 15.1 Å². The molecule has 3 heterocycles. The smallest absolute Gasteiger partial charge is 0.315 e. The zero-order valence-electron chi connectivity index (χ0n) is 15.9. The van der Waals surface area contributed by atoms with Crippen molar-refractivity contribution in [2.45, 2.75) is 25.7 Å². The van der Waals surface area contributed by atoms with Crippen LogP contribution in [0.1, 0.15) is 40.9 Å². The number of carbonyl (C=O) groups is 2. The number of methoxy groups -OCH3 is 1. The van der Waals surface area contributed by atoms with E-state index in [0.717, 1.165) is 17.7 Å². The van der Waals surface area contributed by atoms with Crippen LogP contribution in [-0.4, -0.2) is 58.9 Å². The van der Waals surface area contributed by atoms with Crippen LogP contribution in [0.2, 0.25) is 0 Å². The monoisotopic (exact) mass is 385 g/mol. The first kappa shape index (κ1) is 18.3. The minimum Gasteiger partial charge on any atom is -0.493 e. The van der Waals surface area contributed by atoms with Crippen LogP contribution in [-0.2, 0) is 11.2 Å². The van der Waals surface area contributed by atoms with Gasteiger partial charge in [0, 0.05) is 30.3 Å². The van der Waals surface area contributed by atoms with Crippen molar-refractivity contribution in [3.8, 4) is 11.5 Å². The topological polar surface area (TPSA) is 105 Å². The molecule has 1 aromatic heterocycles. The van der Waals surface area contributed by atoms with Gasteiger partial charge in [0.05, 0.1) is 18.9 Å². The number of carbonyl (C=O) groups excluding carboxylic acids is 1. The van der Waals surface area contributed by atoms with E-state index in [1.807, 2.05) is 19.1 Å². The van der Waals surface area contributed by atoms with E-state index in [2.05, 4.69) is 10.2 Å². The number of benzene rings is 1. The van der Waals surface area contributed by atoms with Gasteiger partial charge in [-0.1, -0.05) is 25.5 Å². The third-order valence-electron chi connectivity index (χ3n) is 5.78. The molecule has 0 spiro atoms. The van der Waals surface area contributed by atoms with Gasteiger partial charge in [-0.3, -0.25) is 14.7 Å². The molecule has 1 saturated heterocycles. The number of rotatable bonds is 5. The summed E-state index contributed by atoms with van der Waals surface area (Å²) in [6, 6.07) is 5.46. The number of hydrogen-bond donors (Lipinski definition) is 2. The zero-order valence-corrected chi connectivity index (χ0v) is 15.9. The van der Waals surface area contributed by atoms with Crippen molar-refractivity contribution in [1.29, 1.82) is 0 Å². The second-order valence-corrected chi connectivity index (χ2v) is 7.38. The van der Waals surface area contributed by atoms with Crippen molar-refractivity contribution in [3.05, 3.63) is 41.2 Å². The number of fused-ring (bicyclic) bond motifs is 3. The Bertz CT molecular complexity index is 924. The summed E-state index contributed by atoms with van der Waals surface area (Å²) in [6.45, 7) is 2.43. The van der Waals surface area contributed by atoms with Gasteiger partial charge in [0.1, 0.15) is 12.0 Å². The number of aliphatic carboxylic acids is 1. The van der Waals surface area contributed by atoms with E-state index in [-0.39, 0.29) is 25.0 Å². The van der Waals surface area contributed by atoms with Crippen molar-refractivity contribution < 1.29 is 24.2 Å². The first-order valence-electron chi connectivity index (χ1n) is 9.36. The summed E-state index contributed by atoms with van der Waals surface area (Å²) >= 11 is 0. The zero-order chi connectivity index (χ0) is 19.9. The normalized spacial score (nSPS) is 22.9. The number of carboxylic acids is 1. The third-order valence-corrected chi connectivity index (χ3v) is 5.78. The van der Waals surface area contributed by atoms with Crippen molar-refractivity contribution in [3.63, 3.8) is 0 Å². The van der Waals surface area contributed by atoms with Crippen molar-refractivity contribution in [2.75, 3.05) is 26.8 Å². The summed E-state index contributed by atoms with van der Waals surface area (Å²) in [5.74, 6) is -0.384. The molecule has 2 aliphatic heterocycles. The Morgan fingerprint density at radius 2 is 2.29 bits per heavy atom. The van der Waals surface area contributed by atoms with Gasteiger partial charge in [0.25, 0.3) is 5.91 Å². The molecule has 0 unspecified atom stereocenters. The lowest BCUT2D eigenvalue weighted by Gasteiger charge is -2.36. The Morgan fingerprint density at radius 3 is 3.00 bits per heavy atom. The highest BCUT2D eigenvalue weighted by atomic mass is 16.5. The number of aromatic nitrogens is 2. The van der Waals surface area contributed by atoms with E-state index in [1.165, 1.54) is 6.20 Å². The highest BCUT2D eigenvalue weighted by molar-refractivity contribution is 5.96. The molecule has 8 nitrogen and oxygen atoms in total. The number of aromatic amines is 1. The maximum absolute atomic E-state index is 13.2. The maximum Gasteiger partial charge on any atom is 0.315 e. The molecular weight excluding hydrogens is 362 g/mol. The number of amides is 1. The van der Waals surface area contributed by atoms with Gasteiger partial charge in [-0.25, -0.2) is 0 Å². The highest BCUT2D eigenvalue weighted by Gasteiger charge is 2.58. The van der Waals surface area contributed by atoms with E-state index in [9.17, 15) is 14.7 Å². The Labute approximate surface area is 162 Å². The van der Waals surface area contributed by atoms with Gasteiger partial charge in [-0.05, 0) is 12.5 Å². The molecule has 0 bridgehead atoms. The van der Waals surface area contributed by atoms with Gasteiger partial charge >= 0.3 is 5.97 Å². The fourth-order valence-corrected chi connectivity index (χ4v) is 4.32. The first-order valence-corrected chi connectivity index (χ1v) is 9.36. The van der Waals surface area contributed by atoms with E-state index in [4.69, 9.17) is 9.47 Å². The van der Waals surface area contributed by atoms with Gasteiger partial charge in [0.15, 0.2) is 11.5 Å². The summed E-state index contributed by atoms with van der Waals surface area (Å²) in [7, 11) is 1.55. The van der Waals surface area contributed by atoms with E-state index < -0.39 is 11.4 Å². The predicted octanol–water partition coefficient (Wildman–Crippen LogP) is 2.07. The largest absolute Gasteiger partial charge is 0.493 e. The SMILES string of the molecule is CCCc1[nH]ncc1C(=O)N1C[C@H]2c3cccc(OC)c3OC[C@@]2(C(=O)O)C1. The number of nitrogens with one attached hydrogen (secondary N) is 1. The lowest BCUT2D eigenvalue weighted by Crippen LogP contribution is -2.46. The lowest BCUT2D eigenvalue weighted by molar-refractivity contribution is -0.151. The quantitative estimate of drug-likeness (QED) is 0.816. The molecule has 148 valence electrons.